The summed E-state index contributed by atoms with van der Waals surface area (Å²) in [6, 6.07) is 2.90. The number of fused-ring (bicyclic) bond motifs is 1. The summed E-state index contributed by atoms with van der Waals surface area (Å²) < 4.78 is 16.5. The highest BCUT2D eigenvalue weighted by Gasteiger charge is 2.25. The lowest BCUT2D eigenvalue weighted by atomic mass is 10.0. The molecule has 1 aliphatic rings. The molecule has 1 N–H and O–H groups in total. The number of rotatable bonds is 5. The molecule has 126 valence electrons. The number of carbonyl (C=O) groups excluding carboxylic acids is 2. The molecule has 1 heterocycles. The first-order chi connectivity index (χ1) is 10.9. The van der Waals surface area contributed by atoms with Crippen molar-refractivity contribution in [1.82, 2.24) is 5.32 Å². The summed E-state index contributed by atoms with van der Waals surface area (Å²) >= 11 is 3.43. The lowest BCUT2D eigenvalue weighted by Crippen LogP contribution is -2.45. The van der Waals surface area contributed by atoms with E-state index in [-0.39, 0.29) is 18.2 Å². The van der Waals surface area contributed by atoms with Gasteiger partial charge in [-0.3, -0.25) is 4.79 Å². The summed E-state index contributed by atoms with van der Waals surface area (Å²) in [5.41, 5.74) is 0.763. The first-order valence-electron chi connectivity index (χ1n) is 7.37. The van der Waals surface area contributed by atoms with Crippen molar-refractivity contribution >= 4 is 27.8 Å². The Morgan fingerprint density at radius 3 is 2.43 bits per heavy atom. The molecule has 0 radical (unpaired) electrons. The van der Waals surface area contributed by atoms with E-state index in [0.29, 0.717) is 24.7 Å². The fourth-order valence-electron chi connectivity index (χ4n) is 2.26. The standard InChI is InChI=1S/C16H20BrNO5/c1-9(2)15(16(20)21-3)18-14(19)7-10-6-12-13(8-11(10)17)23-5-4-22-12/h6,8-9,15H,4-5,7H2,1-3H3,(H,18,19)/t15-/m0/s1. The van der Waals surface area contributed by atoms with Crippen molar-refractivity contribution in [2.24, 2.45) is 5.92 Å². The number of halogens is 1. The highest BCUT2D eigenvalue weighted by Crippen LogP contribution is 2.35. The minimum absolute atomic E-state index is 0.0601. The van der Waals surface area contributed by atoms with Crippen LogP contribution in [0.4, 0.5) is 0 Å². The molecule has 1 atom stereocenters. The highest BCUT2D eigenvalue weighted by atomic mass is 79.9. The van der Waals surface area contributed by atoms with Crippen LogP contribution in [0.5, 0.6) is 11.5 Å². The molecule has 1 amide bonds. The second-order valence-corrected chi connectivity index (χ2v) is 6.43. The van der Waals surface area contributed by atoms with Crippen molar-refractivity contribution < 1.29 is 23.8 Å². The third-order valence-corrected chi connectivity index (χ3v) is 4.24. The minimum Gasteiger partial charge on any atom is -0.486 e. The van der Waals surface area contributed by atoms with Gasteiger partial charge in [0.15, 0.2) is 11.5 Å². The lowest BCUT2D eigenvalue weighted by Gasteiger charge is -2.21. The van der Waals surface area contributed by atoms with E-state index in [1.165, 1.54) is 7.11 Å². The molecular weight excluding hydrogens is 366 g/mol. The van der Waals surface area contributed by atoms with E-state index in [1.54, 1.807) is 12.1 Å². The van der Waals surface area contributed by atoms with Crippen LogP contribution in [0.1, 0.15) is 19.4 Å². The molecule has 0 saturated carbocycles. The molecular formula is C16H20BrNO5. The third kappa shape index (κ3) is 4.37. The Morgan fingerprint density at radius 1 is 1.26 bits per heavy atom. The van der Waals surface area contributed by atoms with E-state index in [1.807, 2.05) is 13.8 Å². The van der Waals surface area contributed by atoms with Gasteiger partial charge in [0.05, 0.1) is 13.5 Å². The molecule has 1 aromatic rings. The Morgan fingerprint density at radius 2 is 1.87 bits per heavy atom. The predicted octanol–water partition coefficient (Wildman–Crippen LogP) is 2.08. The molecule has 7 heteroatoms. The van der Waals surface area contributed by atoms with Crippen LogP contribution in [0, 0.1) is 5.92 Å². The number of amides is 1. The largest absolute Gasteiger partial charge is 0.486 e. The monoisotopic (exact) mass is 385 g/mol. The van der Waals surface area contributed by atoms with Crippen LogP contribution in [0.2, 0.25) is 0 Å². The van der Waals surface area contributed by atoms with Crippen LogP contribution < -0.4 is 14.8 Å². The number of methoxy groups -OCH3 is 1. The van der Waals surface area contributed by atoms with Crippen LogP contribution >= 0.6 is 15.9 Å². The first kappa shape index (κ1) is 17.6. The average Bonchev–Trinajstić information content (AvgIpc) is 2.52. The van der Waals surface area contributed by atoms with E-state index in [4.69, 9.17) is 14.2 Å². The molecule has 2 rings (SSSR count). The van der Waals surface area contributed by atoms with Crippen LogP contribution in [-0.4, -0.2) is 38.2 Å². The molecule has 0 bridgehead atoms. The third-order valence-electron chi connectivity index (χ3n) is 3.50. The predicted molar refractivity (Wildman–Crippen MR) is 87.6 cm³/mol. The number of benzene rings is 1. The molecule has 0 unspecified atom stereocenters. The Labute approximate surface area is 143 Å². The molecule has 0 fully saturated rings. The lowest BCUT2D eigenvalue weighted by molar-refractivity contribution is -0.146. The van der Waals surface area contributed by atoms with Gasteiger partial charge in [-0.05, 0) is 23.6 Å². The Hall–Kier alpha value is -1.76. The van der Waals surface area contributed by atoms with Gasteiger partial charge in [0, 0.05) is 4.47 Å². The number of nitrogens with one attached hydrogen (secondary N) is 1. The molecule has 1 aromatic carbocycles. The van der Waals surface area contributed by atoms with E-state index in [9.17, 15) is 9.59 Å². The van der Waals surface area contributed by atoms with Crippen molar-refractivity contribution in [3.63, 3.8) is 0 Å². The smallest absolute Gasteiger partial charge is 0.328 e. The van der Waals surface area contributed by atoms with Crippen molar-refractivity contribution in [3.05, 3.63) is 22.2 Å². The quantitative estimate of drug-likeness (QED) is 0.785. The van der Waals surface area contributed by atoms with E-state index >= 15 is 0 Å². The zero-order valence-corrected chi connectivity index (χ0v) is 14.9. The van der Waals surface area contributed by atoms with Crippen molar-refractivity contribution in [3.8, 4) is 11.5 Å². The highest BCUT2D eigenvalue weighted by molar-refractivity contribution is 9.10. The van der Waals surface area contributed by atoms with E-state index in [0.717, 1.165) is 10.0 Å². The number of carbonyl (C=O) groups is 2. The summed E-state index contributed by atoms with van der Waals surface area (Å²) in [4.78, 5) is 24.0. The average molecular weight is 386 g/mol. The van der Waals surface area contributed by atoms with Crippen LogP contribution in [-0.2, 0) is 20.7 Å². The SMILES string of the molecule is COC(=O)[C@@H](NC(=O)Cc1cc2c(cc1Br)OCCO2)C(C)C. The zero-order valence-electron chi connectivity index (χ0n) is 13.3. The fraction of sp³-hybridized carbons (Fsp3) is 0.500. The Balaban J connectivity index is 2.09. The molecule has 23 heavy (non-hydrogen) atoms. The van der Waals surface area contributed by atoms with Gasteiger partial charge in [-0.2, -0.15) is 0 Å². The molecule has 0 spiro atoms. The summed E-state index contributed by atoms with van der Waals surface area (Å²) in [7, 11) is 1.31. The summed E-state index contributed by atoms with van der Waals surface area (Å²) in [6.07, 6.45) is 0.122. The van der Waals surface area contributed by atoms with Gasteiger partial charge >= 0.3 is 5.97 Å². The van der Waals surface area contributed by atoms with Crippen LogP contribution in [0.25, 0.3) is 0 Å². The second-order valence-electron chi connectivity index (χ2n) is 5.58. The summed E-state index contributed by atoms with van der Waals surface area (Å²) in [5, 5.41) is 2.72. The topological polar surface area (TPSA) is 73.9 Å². The Kier molecular flexibility index (Phi) is 5.87. The molecule has 6 nitrogen and oxygen atoms in total. The van der Waals surface area contributed by atoms with Crippen molar-refractivity contribution in [2.45, 2.75) is 26.3 Å². The van der Waals surface area contributed by atoms with E-state index < -0.39 is 12.0 Å². The molecule has 0 aliphatic carbocycles. The van der Waals surface area contributed by atoms with Crippen molar-refractivity contribution in [1.29, 1.82) is 0 Å². The summed E-state index contributed by atoms with van der Waals surface area (Å²) in [6.45, 7) is 4.69. The maximum Gasteiger partial charge on any atom is 0.328 e. The molecule has 0 aromatic heterocycles. The number of ether oxygens (including phenoxy) is 3. The van der Waals surface area contributed by atoms with Gasteiger partial charge in [-0.15, -0.1) is 0 Å². The van der Waals surface area contributed by atoms with Gasteiger partial charge in [0.1, 0.15) is 19.3 Å². The minimum atomic E-state index is -0.663. The van der Waals surface area contributed by atoms with Crippen LogP contribution in [0.15, 0.2) is 16.6 Å². The normalized spacial score (nSPS) is 14.3. The second kappa shape index (κ2) is 7.68. The number of hydrogen-bond donors (Lipinski definition) is 1. The maximum absolute atomic E-state index is 12.3. The summed E-state index contributed by atoms with van der Waals surface area (Å²) in [5.74, 6) is 0.508. The maximum atomic E-state index is 12.3. The van der Waals surface area contributed by atoms with Crippen molar-refractivity contribution in [2.75, 3.05) is 20.3 Å². The fourth-order valence-corrected chi connectivity index (χ4v) is 2.73. The van der Waals surface area contributed by atoms with E-state index in [2.05, 4.69) is 21.2 Å². The molecule has 1 aliphatic heterocycles. The van der Waals surface area contributed by atoms with Crippen LogP contribution in [0.3, 0.4) is 0 Å². The number of esters is 1. The van der Waals surface area contributed by atoms with Gasteiger partial charge in [-0.25, -0.2) is 4.79 Å². The first-order valence-corrected chi connectivity index (χ1v) is 8.17. The van der Waals surface area contributed by atoms with Gasteiger partial charge in [0.2, 0.25) is 5.91 Å². The zero-order chi connectivity index (χ0) is 17.0. The van der Waals surface area contributed by atoms with Gasteiger partial charge in [-0.1, -0.05) is 29.8 Å². The number of hydrogen-bond acceptors (Lipinski definition) is 5. The van der Waals surface area contributed by atoms with Gasteiger partial charge in [0.25, 0.3) is 0 Å². The van der Waals surface area contributed by atoms with Gasteiger partial charge < -0.3 is 19.5 Å². The molecule has 0 saturated heterocycles. The Bertz CT molecular complexity index is 602.